The average Bonchev–Trinajstić information content (AvgIpc) is 2.26. The minimum Gasteiger partial charge on any atom is -0.392 e. The van der Waals surface area contributed by atoms with Gasteiger partial charge in [-0.15, -0.1) is 0 Å². The van der Waals surface area contributed by atoms with Crippen molar-refractivity contribution in [3.05, 3.63) is 34.9 Å². The summed E-state index contributed by atoms with van der Waals surface area (Å²) >= 11 is 0. The van der Waals surface area contributed by atoms with Crippen molar-refractivity contribution >= 4 is 13.6 Å². The van der Waals surface area contributed by atoms with Gasteiger partial charge < -0.3 is 5.11 Å². The zero-order chi connectivity index (χ0) is 12.3. The highest BCUT2D eigenvalue weighted by atomic mass is 16.3. The Morgan fingerprint density at radius 2 is 1.94 bits per heavy atom. The molecule has 0 aliphatic heterocycles. The lowest BCUT2D eigenvalue weighted by Gasteiger charge is -2.20. The first-order valence-electron chi connectivity index (χ1n) is 5.67. The highest BCUT2D eigenvalue weighted by Gasteiger charge is 2.16. The standard InChI is InChI=1S/C13H19BO2/c1-13(2,3)11-5-9(8-15)4-10(6-11)12(16)7-14/h4-6,15H,7-8,14H2,1-3H3. The molecule has 1 N–H and O–H groups in total. The van der Waals surface area contributed by atoms with Crippen LogP contribution in [0.4, 0.5) is 0 Å². The fourth-order valence-corrected chi connectivity index (χ4v) is 1.58. The Hall–Kier alpha value is -1.09. The van der Waals surface area contributed by atoms with E-state index in [1.54, 1.807) is 6.07 Å². The number of aliphatic hydroxyl groups is 1. The number of carbonyl (C=O) groups is 1. The molecule has 0 atom stereocenters. The van der Waals surface area contributed by atoms with E-state index in [0.717, 1.165) is 11.1 Å². The van der Waals surface area contributed by atoms with E-state index >= 15 is 0 Å². The van der Waals surface area contributed by atoms with E-state index in [9.17, 15) is 9.90 Å². The molecule has 0 unspecified atom stereocenters. The highest BCUT2D eigenvalue weighted by molar-refractivity contribution is 6.24. The molecule has 0 fully saturated rings. The van der Waals surface area contributed by atoms with Gasteiger partial charge in [0, 0.05) is 5.56 Å². The highest BCUT2D eigenvalue weighted by Crippen LogP contribution is 2.25. The van der Waals surface area contributed by atoms with Crippen LogP contribution in [0, 0.1) is 0 Å². The molecule has 86 valence electrons. The summed E-state index contributed by atoms with van der Waals surface area (Å²) in [5, 5.41) is 9.20. The fraction of sp³-hybridized carbons (Fsp3) is 0.462. The van der Waals surface area contributed by atoms with Gasteiger partial charge in [-0.3, -0.25) is 4.79 Å². The number of rotatable bonds is 3. The van der Waals surface area contributed by atoms with E-state index < -0.39 is 0 Å². The second kappa shape index (κ2) is 4.83. The molecule has 0 aliphatic carbocycles. The van der Waals surface area contributed by atoms with Gasteiger partial charge in [-0.2, -0.15) is 0 Å². The van der Waals surface area contributed by atoms with Gasteiger partial charge in [0.15, 0.2) is 5.78 Å². The average molecular weight is 218 g/mol. The van der Waals surface area contributed by atoms with Gasteiger partial charge in [-0.25, -0.2) is 0 Å². The zero-order valence-corrected chi connectivity index (χ0v) is 10.5. The molecule has 0 heterocycles. The predicted octanol–water partition coefficient (Wildman–Crippen LogP) is 1.71. The summed E-state index contributed by atoms with van der Waals surface area (Å²) in [6.45, 7) is 6.28. The summed E-state index contributed by atoms with van der Waals surface area (Å²) in [6, 6.07) is 5.68. The van der Waals surface area contributed by atoms with Crippen molar-refractivity contribution < 1.29 is 9.90 Å². The molecular weight excluding hydrogens is 199 g/mol. The van der Waals surface area contributed by atoms with Crippen LogP contribution < -0.4 is 0 Å². The van der Waals surface area contributed by atoms with Gasteiger partial charge in [0.25, 0.3) is 0 Å². The van der Waals surface area contributed by atoms with Crippen LogP contribution in [0.1, 0.15) is 42.3 Å². The number of Topliss-reactive ketones (excluding diaryl/α,β-unsaturated/α-hetero) is 1. The van der Waals surface area contributed by atoms with Crippen molar-refractivity contribution in [2.45, 2.75) is 39.1 Å². The first-order chi connectivity index (χ1) is 7.38. The van der Waals surface area contributed by atoms with E-state index in [0.29, 0.717) is 11.9 Å². The molecule has 0 saturated heterocycles. The SMILES string of the molecule is BCC(=O)c1cc(CO)cc(C(C)(C)C)c1. The first-order valence-corrected chi connectivity index (χ1v) is 5.67. The number of ketones is 1. The predicted molar refractivity (Wildman–Crippen MR) is 68.7 cm³/mol. The molecule has 0 aromatic heterocycles. The van der Waals surface area contributed by atoms with E-state index in [4.69, 9.17) is 0 Å². The lowest BCUT2D eigenvalue weighted by atomic mass is 9.83. The van der Waals surface area contributed by atoms with E-state index in [-0.39, 0.29) is 17.8 Å². The molecular formula is C13H19BO2. The molecule has 3 heteroatoms. The van der Waals surface area contributed by atoms with Crippen LogP contribution in [0.5, 0.6) is 0 Å². The molecule has 1 aromatic carbocycles. The molecule has 16 heavy (non-hydrogen) atoms. The number of carbonyl (C=O) groups excluding carboxylic acids is 1. The third kappa shape index (κ3) is 2.95. The number of aliphatic hydroxyl groups excluding tert-OH is 1. The first kappa shape index (κ1) is 13.0. The van der Waals surface area contributed by atoms with Crippen LogP contribution in [0.15, 0.2) is 18.2 Å². The van der Waals surface area contributed by atoms with Crippen molar-refractivity contribution in [2.24, 2.45) is 0 Å². The fourth-order valence-electron chi connectivity index (χ4n) is 1.58. The lowest BCUT2D eigenvalue weighted by molar-refractivity contribution is 0.101. The maximum Gasteiger partial charge on any atom is 0.155 e. The molecule has 1 aromatic rings. The normalized spacial score (nSPS) is 11.5. The summed E-state index contributed by atoms with van der Waals surface area (Å²) in [5.41, 5.74) is 2.60. The second-order valence-electron chi connectivity index (χ2n) is 5.10. The molecule has 0 amide bonds. The zero-order valence-electron chi connectivity index (χ0n) is 10.5. The second-order valence-corrected chi connectivity index (χ2v) is 5.10. The smallest absolute Gasteiger partial charge is 0.155 e. The van der Waals surface area contributed by atoms with Gasteiger partial charge >= 0.3 is 0 Å². The molecule has 0 saturated carbocycles. The Balaban J connectivity index is 3.27. The number of hydrogen-bond acceptors (Lipinski definition) is 2. The van der Waals surface area contributed by atoms with E-state index in [1.807, 2.05) is 20.0 Å². The molecule has 2 nitrogen and oxygen atoms in total. The van der Waals surface area contributed by atoms with Crippen LogP contribution in [0.3, 0.4) is 0 Å². The molecule has 0 radical (unpaired) electrons. The van der Waals surface area contributed by atoms with Crippen molar-refractivity contribution in [1.82, 2.24) is 0 Å². The van der Waals surface area contributed by atoms with Gasteiger partial charge in [0.2, 0.25) is 0 Å². The van der Waals surface area contributed by atoms with Crippen molar-refractivity contribution in [2.75, 3.05) is 0 Å². The molecule has 1 rings (SSSR count). The summed E-state index contributed by atoms with van der Waals surface area (Å²) in [7, 11) is 1.85. The third-order valence-electron chi connectivity index (χ3n) is 2.68. The monoisotopic (exact) mass is 218 g/mol. The Morgan fingerprint density at radius 3 is 2.38 bits per heavy atom. The molecule has 0 aliphatic rings. The summed E-state index contributed by atoms with van der Waals surface area (Å²) in [6.07, 6.45) is 0.498. The van der Waals surface area contributed by atoms with Crippen LogP contribution >= 0.6 is 0 Å². The van der Waals surface area contributed by atoms with Gasteiger partial charge in [0.1, 0.15) is 7.85 Å². The van der Waals surface area contributed by atoms with Gasteiger partial charge in [0.05, 0.1) is 6.61 Å². The summed E-state index contributed by atoms with van der Waals surface area (Å²) < 4.78 is 0. The number of hydrogen-bond donors (Lipinski definition) is 1. The quantitative estimate of drug-likeness (QED) is 0.619. The van der Waals surface area contributed by atoms with E-state index in [2.05, 4.69) is 20.8 Å². The Bertz CT molecular complexity index is 391. The van der Waals surface area contributed by atoms with Crippen molar-refractivity contribution in [3.63, 3.8) is 0 Å². The van der Waals surface area contributed by atoms with Gasteiger partial charge in [-0.05, 0) is 35.0 Å². The van der Waals surface area contributed by atoms with Gasteiger partial charge in [-0.1, -0.05) is 26.8 Å². The Morgan fingerprint density at radius 1 is 1.31 bits per heavy atom. The lowest BCUT2D eigenvalue weighted by Crippen LogP contribution is -2.13. The molecule has 0 spiro atoms. The minimum absolute atomic E-state index is 0.00600. The maximum atomic E-state index is 11.7. The van der Waals surface area contributed by atoms with Crippen LogP contribution in [0.25, 0.3) is 0 Å². The van der Waals surface area contributed by atoms with Crippen molar-refractivity contribution in [3.8, 4) is 0 Å². The minimum atomic E-state index is -0.0199. The maximum absolute atomic E-state index is 11.7. The van der Waals surface area contributed by atoms with Crippen LogP contribution in [-0.4, -0.2) is 18.7 Å². The Labute approximate surface area is 98.1 Å². The van der Waals surface area contributed by atoms with Crippen LogP contribution in [-0.2, 0) is 12.0 Å². The molecule has 0 bridgehead atoms. The third-order valence-corrected chi connectivity index (χ3v) is 2.68. The summed E-state index contributed by atoms with van der Waals surface area (Å²) in [4.78, 5) is 11.7. The Kier molecular flexibility index (Phi) is 3.92. The van der Waals surface area contributed by atoms with Crippen LogP contribution in [0.2, 0.25) is 6.32 Å². The van der Waals surface area contributed by atoms with Crippen molar-refractivity contribution in [1.29, 1.82) is 0 Å². The number of benzene rings is 1. The largest absolute Gasteiger partial charge is 0.392 e. The van der Waals surface area contributed by atoms with E-state index in [1.165, 1.54) is 0 Å². The topological polar surface area (TPSA) is 37.3 Å². The summed E-state index contributed by atoms with van der Waals surface area (Å²) in [5.74, 6) is 0.126.